The second-order valence-electron chi connectivity index (χ2n) is 5.35. The highest BCUT2D eigenvalue weighted by atomic mass is 16.1. The Kier molecular flexibility index (Phi) is 3.84. The Morgan fingerprint density at radius 2 is 2.17 bits per heavy atom. The smallest absolute Gasteiger partial charge is 0.254 e. The van der Waals surface area contributed by atoms with Crippen LogP contribution in [-0.4, -0.2) is 24.5 Å². The highest BCUT2D eigenvalue weighted by Crippen LogP contribution is 2.37. The van der Waals surface area contributed by atoms with Crippen molar-refractivity contribution in [3.63, 3.8) is 0 Å². The molecule has 2 rings (SSSR count). The minimum atomic E-state index is -0.0952. The topological polar surface area (TPSA) is 54.0 Å². The molecule has 1 aliphatic rings. The van der Waals surface area contributed by atoms with Crippen LogP contribution in [0.15, 0.2) is 18.3 Å². The van der Waals surface area contributed by atoms with Gasteiger partial charge in [0.05, 0.1) is 5.56 Å². The van der Waals surface area contributed by atoms with Crippen LogP contribution in [0, 0.1) is 5.41 Å². The SMILES string of the molecule is CNC(=O)c1cccnc1NCC1(C)CCCC1. The number of anilines is 1. The van der Waals surface area contributed by atoms with Crippen molar-refractivity contribution in [2.75, 3.05) is 18.9 Å². The molecule has 4 nitrogen and oxygen atoms in total. The van der Waals surface area contributed by atoms with Crippen LogP contribution in [0.1, 0.15) is 43.0 Å². The van der Waals surface area contributed by atoms with Crippen LogP contribution in [-0.2, 0) is 0 Å². The zero-order valence-corrected chi connectivity index (χ0v) is 11.1. The fourth-order valence-electron chi connectivity index (χ4n) is 2.57. The molecule has 18 heavy (non-hydrogen) atoms. The summed E-state index contributed by atoms with van der Waals surface area (Å²) >= 11 is 0. The molecule has 98 valence electrons. The van der Waals surface area contributed by atoms with Crippen LogP contribution in [0.5, 0.6) is 0 Å². The first-order chi connectivity index (χ1) is 8.64. The van der Waals surface area contributed by atoms with E-state index >= 15 is 0 Å². The molecular weight excluding hydrogens is 226 g/mol. The minimum absolute atomic E-state index is 0.0952. The van der Waals surface area contributed by atoms with Crippen molar-refractivity contribution in [3.05, 3.63) is 23.9 Å². The Morgan fingerprint density at radius 1 is 1.44 bits per heavy atom. The Morgan fingerprint density at radius 3 is 2.83 bits per heavy atom. The molecule has 1 saturated carbocycles. The lowest BCUT2D eigenvalue weighted by Crippen LogP contribution is -2.26. The summed E-state index contributed by atoms with van der Waals surface area (Å²) in [5, 5.41) is 5.98. The van der Waals surface area contributed by atoms with E-state index in [1.54, 1.807) is 25.4 Å². The highest BCUT2D eigenvalue weighted by molar-refractivity contribution is 5.98. The van der Waals surface area contributed by atoms with Crippen molar-refractivity contribution in [2.24, 2.45) is 5.41 Å². The van der Waals surface area contributed by atoms with Gasteiger partial charge in [0.1, 0.15) is 5.82 Å². The number of hydrogen-bond acceptors (Lipinski definition) is 3. The zero-order chi connectivity index (χ0) is 13.0. The van der Waals surface area contributed by atoms with Crippen molar-refractivity contribution < 1.29 is 4.79 Å². The van der Waals surface area contributed by atoms with E-state index < -0.39 is 0 Å². The van der Waals surface area contributed by atoms with E-state index in [0.29, 0.717) is 16.8 Å². The fraction of sp³-hybridized carbons (Fsp3) is 0.571. The average Bonchev–Trinajstić information content (AvgIpc) is 2.83. The van der Waals surface area contributed by atoms with Crippen molar-refractivity contribution in [2.45, 2.75) is 32.6 Å². The quantitative estimate of drug-likeness (QED) is 0.859. The predicted molar refractivity (Wildman–Crippen MR) is 72.7 cm³/mol. The molecule has 0 bridgehead atoms. The van der Waals surface area contributed by atoms with Crippen LogP contribution >= 0.6 is 0 Å². The molecule has 1 fully saturated rings. The lowest BCUT2D eigenvalue weighted by atomic mass is 9.89. The molecule has 1 aliphatic carbocycles. The largest absolute Gasteiger partial charge is 0.369 e. The van der Waals surface area contributed by atoms with Gasteiger partial charge < -0.3 is 10.6 Å². The van der Waals surface area contributed by atoms with E-state index in [2.05, 4.69) is 22.5 Å². The molecular formula is C14H21N3O. The van der Waals surface area contributed by atoms with Gasteiger partial charge in [-0.3, -0.25) is 4.79 Å². The maximum absolute atomic E-state index is 11.7. The average molecular weight is 247 g/mol. The summed E-state index contributed by atoms with van der Waals surface area (Å²) in [5.41, 5.74) is 0.957. The van der Waals surface area contributed by atoms with Gasteiger partial charge in [-0.1, -0.05) is 19.8 Å². The van der Waals surface area contributed by atoms with Gasteiger partial charge in [0.25, 0.3) is 5.91 Å². The van der Waals surface area contributed by atoms with Gasteiger partial charge in [0.15, 0.2) is 0 Å². The van der Waals surface area contributed by atoms with Gasteiger partial charge in [-0.25, -0.2) is 4.98 Å². The maximum atomic E-state index is 11.7. The van der Waals surface area contributed by atoms with E-state index in [4.69, 9.17) is 0 Å². The molecule has 0 spiro atoms. The third-order valence-corrected chi connectivity index (χ3v) is 3.77. The molecule has 1 heterocycles. The molecule has 1 aromatic heterocycles. The van der Waals surface area contributed by atoms with Crippen molar-refractivity contribution >= 4 is 11.7 Å². The van der Waals surface area contributed by atoms with Crippen LogP contribution in [0.4, 0.5) is 5.82 Å². The molecule has 0 atom stereocenters. The number of pyridine rings is 1. The molecule has 0 radical (unpaired) electrons. The molecule has 4 heteroatoms. The van der Waals surface area contributed by atoms with E-state index in [-0.39, 0.29) is 5.91 Å². The van der Waals surface area contributed by atoms with Crippen LogP contribution in [0.3, 0.4) is 0 Å². The Balaban J connectivity index is 2.07. The normalized spacial score (nSPS) is 17.4. The van der Waals surface area contributed by atoms with E-state index in [9.17, 15) is 4.79 Å². The lowest BCUT2D eigenvalue weighted by Gasteiger charge is -2.24. The van der Waals surface area contributed by atoms with Crippen molar-refractivity contribution in [1.29, 1.82) is 0 Å². The number of rotatable bonds is 4. The van der Waals surface area contributed by atoms with E-state index in [0.717, 1.165) is 6.54 Å². The predicted octanol–water partition coefficient (Wildman–Crippen LogP) is 2.43. The van der Waals surface area contributed by atoms with Gasteiger partial charge >= 0.3 is 0 Å². The van der Waals surface area contributed by atoms with Gasteiger partial charge in [-0.15, -0.1) is 0 Å². The van der Waals surface area contributed by atoms with Gasteiger partial charge in [0, 0.05) is 19.8 Å². The summed E-state index contributed by atoms with van der Waals surface area (Å²) in [5.74, 6) is 0.590. The highest BCUT2D eigenvalue weighted by Gasteiger charge is 2.28. The molecule has 0 aliphatic heterocycles. The number of carbonyl (C=O) groups excluding carboxylic acids is 1. The van der Waals surface area contributed by atoms with E-state index in [1.807, 2.05) is 0 Å². The summed E-state index contributed by atoms with van der Waals surface area (Å²) in [7, 11) is 1.64. The fourth-order valence-corrected chi connectivity index (χ4v) is 2.57. The van der Waals surface area contributed by atoms with Crippen LogP contribution < -0.4 is 10.6 Å². The van der Waals surface area contributed by atoms with E-state index in [1.165, 1.54) is 25.7 Å². The Hall–Kier alpha value is -1.58. The first-order valence-electron chi connectivity index (χ1n) is 6.56. The summed E-state index contributed by atoms with van der Waals surface area (Å²) < 4.78 is 0. The minimum Gasteiger partial charge on any atom is -0.369 e. The van der Waals surface area contributed by atoms with Gasteiger partial charge in [-0.05, 0) is 30.4 Å². The number of amides is 1. The number of aromatic nitrogens is 1. The summed E-state index contributed by atoms with van der Waals surface area (Å²) in [6, 6.07) is 3.58. The monoisotopic (exact) mass is 247 g/mol. The number of hydrogen-bond donors (Lipinski definition) is 2. The third-order valence-electron chi connectivity index (χ3n) is 3.77. The third kappa shape index (κ3) is 2.81. The van der Waals surface area contributed by atoms with Crippen molar-refractivity contribution in [3.8, 4) is 0 Å². The number of nitrogens with one attached hydrogen (secondary N) is 2. The standard InChI is InChI=1S/C14H21N3O/c1-14(7-3-4-8-14)10-17-12-11(13(18)15-2)6-5-9-16-12/h5-6,9H,3-4,7-8,10H2,1-2H3,(H,15,18)(H,16,17). The van der Waals surface area contributed by atoms with Crippen LogP contribution in [0.25, 0.3) is 0 Å². The number of carbonyl (C=O) groups is 1. The second-order valence-corrected chi connectivity index (χ2v) is 5.35. The molecule has 1 amide bonds. The summed E-state index contributed by atoms with van der Waals surface area (Å²) in [6.07, 6.45) is 6.83. The van der Waals surface area contributed by atoms with Crippen molar-refractivity contribution in [1.82, 2.24) is 10.3 Å². The number of nitrogens with zero attached hydrogens (tertiary/aromatic N) is 1. The molecule has 2 N–H and O–H groups in total. The molecule has 0 unspecified atom stereocenters. The summed E-state index contributed by atoms with van der Waals surface area (Å²) in [4.78, 5) is 16.0. The van der Waals surface area contributed by atoms with Gasteiger partial charge in [0.2, 0.25) is 0 Å². The molecule has 1 aromatic rings. The maximum Gasteiger partial charge on any atom is 0.254 e. The Bertz CT molecular complexity index is 425. The van der Waals surface area contributed by atoms with Crippen LogP contribution in [0.2, 0.25) is 0 Å². The lowest BCUT2D eigenvalue weighted by molar-refractivity contribution is 0.0963. The molecule has 0 saturated heterocycles. The zero-order valence-electron chi connectivity index (χ0n) is 11.1. The summed E-state index contributed by atoms with van der Waals surface area (Å²) in [6.45, 7) is 3.18. The van der Waals surface area contributed by atoms with Gasteiger partial charge in [-0.2, -0.15) is 0 Å². The first kappa shape index (κ1) is 12.9. The second kappa shape index (κ2) is 5.38. The Labute approximate surface area is 108 Å². The first-order valence-corrected chi connectivity index (χ1v) is 6.56. The molecule has 0 aromatic carbocycles.